The number of hydrogen-bond donors (Lipinski definition) is 0. The first kappa shape index (κ1) is 9.78. The van der Waals surface area contributed by atoms with Crippen molar-refractivity contribution in [2.75, 3.05) is 0 Å². The van der Waals surface area contributed by atoms with Crippen molar-refractivity contribution in [3.63, 3.8) is 0 Å². The summed E-state index contributed by atoms with van der Waals surface area (Å²) in [6.45, 7) is 6.59. The minimum absolute atomic E-state index is 0.516. The summed E-state index contributed by atoms with van der Waals surface area (Å²) >= 11 is 3.58. The van der Waals surface area contributed by atoms with Gasteiger partial charge in [-0.3, -0.25) is 0 Å². The lowest BCUT2D eigenvalue weighted by molar-refractivity contribution is 0.608. The first-order chi connectivity index (χ1) is 6.61. The van der Waals surface area contributed by atoms with Crippen molar-refractivity contribution in [1.29, 1.82) is 0 Å². The van der Waals surface area contributed by atoms with Gasteiger partial charge in [0.15, 0.2) is 0 Å². The highest BCUT2D eigenvalue weighted by Crippen LogP contribution is 2.29. The van der Waals surface area contributed by atoms with E-state index in [4.69, 9.17) is 0 Å². The van der Waals surface area contributed by atoms with E-state index in [1.54, 1.807) is 0 Å². The van der Waals surface area contributed by atoms with Gasteiger partial charge in [0, 0.05) is 27.1 Å². The minimum atomic E-state index is 0.516. The first-order valence-corrected chi connectivity index (χ1v) is 5.66. The van der Waals surface area contributed by atoms with E-state index < -0.39 is 0 Å². The van der Waals surface area contributed by atoms with Crippen LogP contribution in [-0.4, -0.2) is 4.57 Å². The fourth-order valence-electron chi connectivity index (χ4n) is 2.03. The second kappa shape index (κ2) is 3.43. The molecule has 0 unspecified atom stereocenters. The number of nitrogens with zero attached hydrogens (tertiary/aromatic N) is 1. The van der Waals surface area contributed by atoms with Crippen molar-refractivity contribution >= 4 is 26.8 Å². The van der Waals surface area contributed by atoms with Crippen molar-refractivity contribution in [1.82, 2.24) is 4.57 Å². The van der Waals surface area contributed by atoms with Crippen LogP contribution in [0.2, 0.25) is 0 Å². The van der Waals surface area contributed by atoms with E-state index in [-0.39, 0.29) is 0 Å². The van der Waals surface area contributed by atoms with E-state index >= 15 is 0 Å². The molecule has 14 heavy (non-hydrogen) atoms. The van der Waals surface area contributed by atoms with Crippen LogP contribution >= 0.6 is 15.9 Å². The Hall–Kier alpha value is -0.760. The largest absolute Gasteiger partial charge is 0.342 e. The zero-order valence-electron chi connectivity index (χ0n) is 8.71. The van der Waals surface area contributed by atoms with E-state index in [0.29, 0.717) is 6.04 Å². The van der Waals surface area contributed by atoms with E-state index in [0.717, 1.165) is 0 Å². The number of halogens is 1. The normalized spacial score (nSPS) is 11.5. The van der Waals surface area contributed by atoms with Gasteiger partial charge < -0.3 is 4.57 Å². The monoisotopic (exact) mass is 251 g/mol. The van der Waals surface area contributed by atoms with E-state index in [9.17, 15) is 0 Å². The average molecular weight is 252 g/mol. The summed E-state index contributed by atoms with van der Waals surface area (Å²) in [6.07, 6.45) is 0. The van der Waals surface area contributed by atoms with Crippen LogP contribution in [0.15, 0.2) is 28.7 Å². The van der Waals surface area contributed by atoms with Crippen molar-refractivity contribution in [2.24, 2.45) is 0 Å². The maximum absolute atomic E-state index is 3.58. The van der Waals surface area contributed by atoms with Gasteiger partial charge in [-0.1, -0.05) is 22.0 Å². The Morgan fingerprint density at radius 2 is 2.00 bits per heavy atom. The molecule has 0 amide bonds. The van der Waals surface area contributed by atoms with Crippen molar-refractivity contribution in [3.05, 3.63) is 34.4 Å². The Kier molecular flexibility index (Phi) is 2.40. The Morgan fingerprint density at radius 1 is 1.29 bits per heavy atom. The predicted molar refractivity (Wildman–Crippen MR) is 64.8 cm³/mol. The Bertz CT molecular complexity index is 468. The lowest BCUT2D eigenvalue weighted by atomic mass is 10.2. The minimum Gasteiger partial charge on any atom is -0.342 e. The summed E-state index contributed by atoms with van der Waals surface area (Å²) in [5.41, 5.74) is 2.63. The van der Waals surface area contributed by atoms with Gasteiger partial charge in [-0.05, 0) is 39.0 Å². The fraction of sp³-hybridized carbons (Fsp3) is 0.333. The molecule has 1 aromatic carbocycles. The zero-order valence-corrected chi connectivity index (χ0v) is 10.3. The third-order valence-corrected chi connectivity index (χ3v) is 3.23. The molecule has 2 rings (SSSR count). The second-order valence-corrected chi connectivity index (χ2v) is 4.78. The standard InChI is InChI=1S/C12H14BrN/c1-8(2)14-9(3)7-10-11(13)5-4-6-12(10)14/h4-8H,1-3H3. The van der Waals surface area contributed by atoms with Crippen molar-refractivity contribution in [2.45, 2.75) is 26.8 Å². The third kappa shape index (κ3) is 1.38. The molecular formula is C12H14BrN. The van der Waals surface area contributed by atoms with Crippen LogP contribution in [0.5, 0.6) is 0 Å². The molecule has 0 saturated carbocycles. The van der Waals surface area contributed by atoms with E-state index in [2.05, 4.69) is 65.5 Å². The molecule has 1 heterocycles. The number of fused-ring (bicyclic) bond motifs is 1. The molecule has 2 aromatic rings. The van der Waals surface area contributed by atoms with Crippen LogP contribution in [0.4, 0.5) is 0 Å². The maximum atomic E-state index is 3.58. The molecule has 0 aliphatic heterocycles. The molecule has 1 nitrogen and oxygen atoms in total. The molecule has 0 spiro atoms. The number of aryl methyl sites for hydroxylation is 1. The SMILES string of the molecule is Cc1cc2c(Br)cccc2n1C(C)C. The lowest BCUT2D eigenvalue weighted by Crippen LogP contribution is -2.01. The van der Waals surface area contributed by atoms with Gasteiger partial charge in [-0.2, -0.15) is 0 Å². The molecule has 0 atom stereocenters. The summed E-state index contributed by atoms with van der Waals surface area (Å²) in [5.74, 6) is 0. The predicted octanol–water partition coefficient (Wildman–Crippen LogP) is 4.29. The van der Waals surface area contributed by atoms with Crippen LogP contribution in [-0.2, 0) is 0 Å². The molecule has 0 saturated heterocycles. The van der Waals surface area contributed by atoms with Gasteiger partial charge >= 0.3 is 0 Å². The van der Waals surface area contributed by atoms with Crippen LogP contribution in [0.25, 0.3) is 10.9 Å². The van der Waals surface area contributed by atoms with Crippen molar-refractivity contribution in [3.8, 4) is 0 Å². The molecule has 0 fully saturated rings. The average Bonchev–Trinajstić information content (AvgIpc) is 2.42. The Morgan fingerprint density at radius 3 is 2.64 bits per heavy atom. The number of rotatable bonds is 1. The second-order valence-electron chi connectivity index (χ2n) is 3.92. The topological polar surface area (TPSA) is 4.93 Å². The summed E-state index contributed by atoms with van der Waals surface area (Å²) in [4.78, 5) is 0. The first-order valence-electron chi connectivity index (χ1n) is 4.87. The van der Waals surface area contributed by atoms with Crippen molar-refractivity contribution < 1.29 is 0 Å². The zero-order chi connectivity index (χ0) is 10.3. The van der Waals surface area contributed by atoms with Gasteiger partial charge in [0.05, 0.1) is 0 Å². The summed E-state index contributed by atoms with van der Waals surface area (Å²) in [5, 5.41) is 1.30. The lowest BCUT2D eigenvalue weighted by Gasteiger charge is -2.12. The maximum Gasteiger partial charge on any atom is 0.0496 e. The van der Waals surface area contributed by atoms with Crippen LogP contribution in [0, 0.1) is 6.92 Å². The van der Waals surface area contributed by atoms with E-state index in [1.807, 2.05) is 0 Å². The van der Waals surface area contributed by atoms with Gasteiger partial charge in [0.2, 0.25) is 0 Å². The highest BCUT2D eigenvalue weighted by atomic mass is 79.9. The summed E-state index contributed by atoms with van der Waals surface area (Å²) < 4.78 is 3.54. The van der Waals surface area contributed by atoms with E-state index in [1.165, 1.54) is 21.1 Å². The highest BCUT2D eigenvalue weighted by Gasteiger charge is 2.09. The van der Waals surface area contributed by atoms with Gasteiger partial charge in [0.1, 0.15) is 0 Å². The smallest absolute Gasteiger partial charge is 0.0496 e. The van der Waals surface area contributed by atoms with Gasteiger partial charge in [0.25, 0.3) is 0 Å². The molecule has 0 aliphatic rings. The number of aromatic nitrogens is 1. The third-order valence-electron chi connectivity index (χ3n) is 2.54. The number of hydrogen-bond acceptors (Lipinski definition) is 0. The molecule has 1 aromatic heterocycles. The Balaban J connectivity index is 2.83. The quantitative estimate of drug-likeness (QED) is 0.713. The number of benzene rings is 1. The van der Waals surface area contributed by atoms with Crippen LogP contribution in [0.1, 0.15) is 25.6 Å². The molecular weight excluding hydrogens is 238 g/mol. The summed E-state index contributed by atoms with van der Waals surface area (Å²) in [6, 6.07) is 9.10. The summed E-state index contributed by atoms with van der Waals surface area (Å²) in [7, 11) is 0. The molecule has 0 radical (unpaired) electrons. The van der Waals surface area contributed by atoms with Crippen LogP contribution in [0.3, 0.4) is 0 Å². The molecule has 0 aliphatic carbocycles. The fourth-order valence-corrected chi connectivity index (χ4v) is 2.50. The Labute approximate surface area is 92.9 Å². The van der Waals surface area contributed by atoms with Crippen LogP contribution < -0.4 is 0 Å². The highest BCUT2D eigenvalue weighted by molar-refractivity contribution is 9.10. The van der Waals surface area contributed by atoms with Gasteiger partial charge in [-0.25, -0.2) is 0 Å². The van der Waals surface area contributed by atoms with Gasteiger partial charge in [-0.15, -0.1) is 0 Å². The molecule has 74 valence electrons. The molecule has 2 heteroatoms. The molecule has 0 N–H and O–H groups in total. The molecule has 0 bridgehead atoms.